The highest BCUT2D eigenvalue weighted by molar-refractivity contribution is 7.79. The Bertz CT molecular complexity index is 1810. The van der Waals surface area contributed by atoms with Crippen molar-refractivity contribution in [3.8, 4) is 0 Å². The summed E-state index contributed by atoms with van der Waals surface area (Å²) in [4.78, 5) is 35.8. The molecule has 2 aromatic carbocycles. The van der Waals surface area contributed by atoms with Crippen LogP contribution in [0.5, 0.6) is 0 Å². The van der Waals surface area contributed by atoms with Gasteiger partial charge in [-0.3, -0.25) is 18.8 Å². The van der Waals surface area contributed by atoms with Gasteiger partial charge in [-0.2, -0.15) is 0 Å². The molecule has 56 heavy (non-hydrogen) atoms. The maximum atomic E-state index is 13.9. The van der Waals surface area contributed by atoms with Gasteiger partial charge in [0.25, 0.3) is 0 Å². The van der Waals surface area contributed by atoms with E-state index in [1.807, 2.05) is 71.1 Å². The lowest BCUT2D eigenvalue weighted by atomic mass is 9.70. The number of benzene rings is 2. The number of aromatic nitrogens is 1. The lowest BCUT2D eigenvalue weighted by Gasteiger charge is -2.61. The fourth-order valence-electron chi connectivity index (χ4n) is 9.70. The molecule has 0 radical (unpaired) electrons. The van der Waals surface area contributed by atoms with Crippen LogP contribution in [-0.4, -0.2) is 77.2 Å². The van der Waals surface area contributed by atoms with E-state index in [0.29, 0.717) is 19.3 Å². The normalized spacial score (nSPS) is 20.9. The molecule has 3 heterocycles. The Balaban J connectivity index is 1.40. The van der Waals surface area contributed by atoms with E-state index in [0.717, 1.165) is 55.3 Å². The second-order valence-electron chi connectivity index (χ2n) is 18.8. The van der Waals surface area contributed by atoms with Crippen molar-refractivity contribution in [3.63, 3.8) is 0 Å². The van der Waals surface area contributed by atoms with Gasteiger partial charge in [-0.15, -0.1) is 0 Å². The van der Waals surface area contributed by atoms with Crippen LogP contribution in [-0.2, 0) is 31.5 Å². The predicted octanol–water partition coefficient (Wildman–Crippen LogP) is 8.99. The third-order valence-electron chi connectivity index (χ3n) is 13.3. The zero-order chi connectivity index (χ0) is 41.2. The third kappa shape index (κ3) is 9.63. The van der Waals surface area contributed by atoms with E-state index in [4.69, 9.17) is 0 Å². The molecule has 2 fully saturated rings. The second kappa shape index (κ2) is 17.2. The maximum Gasteiger partial charge on any atom is 0.229 e. The van der Waals surface area contributed by atoms with E-state index < -0.39 is 22.2 Å². The van der Waals surface area contributed by atoms with Gasteiger partial charge in [0.15, 0.2) is 0 Å². The number of rotatable bonds is 15. The number of amides is 2. The summed E-state index contributed by atoms with van der Waals surface area (Å²) in [5, 5.41) is 14.2. The van der Waals surface area contributed by atoms with Crippen LogP contribution >= 0.6 is 0 Å². The van der Waals surface area contributed by atoms with Crippen LogP contribution in [0.2, 0.25) is 0 Å². The lowest BCUT2D eigenvalue weighted by Crippen LogP contribution is -2.62. The SMILES string of the molecule is CCC(C)(CC(CC(CC(C)(C)c1ccc(C(C)C(=O)N(C)C2CC(C)(C)N([O-])C(C)(C)C2)cc1)c1ccc(S(=O)[O-])cc1)N1CCCC1=O)c1ccncc1. The van der Waals surface area contributed by atoms with Crippen LogP contribution in [0.1, 0.15) is 148 Å². The molecule has 0 bridgehead atoms. The number of carbonyl (C=O) groups is 2. The minimum Gasteiger partial charge on any atom is -0.784 e. The second-order valence-corrected chi connectivity index (χ2v) is 19.7. The molecule has 2 aliphatic rings. The zero-order valence-corrected chi connectivity index (χ0v) is 36.2. The Hall–Kier alpha value is -3.44. The molecule has 1 aromatic heterocycles. The van der Waals surface area contributed by atoms with E-state index in [1.54, 1.807) is 12.1 Å². The van der Waals surface area contributed by atoms with Gasteiger partial charge in [0, 0.05) is 60.5 Å². The van der Waals surface area contributed by atoms with Gasteiger partial charge in [0.1, 0.15) is 0 Å². The quantitative estimate of drug-likeness (QED) is 0.141. The fourth-order valence-corrected chi connectivity index (χ4v) is 10.1. The third-order valence-corrected chi connectivity index (χ3v) is 13.9. The van der Waals surface area contributed by atoms with E-state index in [-0.39, 0.29) is 51.5 Å². The van der Waals surface area contributed by atoms with Crippen molar-refractivity contribution < 1.29 is 18.4 Å². The van der Waals surface area contributed by atoms with Gasteiger partial charge >= 0.3 is 0 Å². The first kappa shape index (κ1) is 43.7. The average molecular weight is 785 g/mol. The number of piperidine rings is 1. The van der Waals surface area contributed by atoms with Crippen molar-refractivity contribution in [2.75, 3.05) is 13.6 Å². The Labute approximate surface area is 338 Å². The summed E-state index contributed by atoms with van der Waals surface area (Å²) in [7, 11) is 1.87. The molecule has 5 unspecified atom stereocenters. The minimum absolute atomic E-state index is 0.0134. The van der Waals surface area contributed by atoms with Crippen molar-refractivity contribution in [1.82, 2.24) is 19.8 Å². The van der Waals surface area contributed by atoms with Crippen molar-refractivity contribution in [2.24, 2.45) is 0 Å². The molecule has 0 saturated carbocycles. The summed E-state index contributed by atoms with van der Waals surface area (Å²) in [5.74, 6) is -0.0761. The van der Waals surface area contributed by atoms with Crippen molar-refractivity contribution >= 4 is 22.9 Å². The first-order chi connectivity index (χ1) is 26.2. The van der Waals surface area contributed by atoms with Crippen LogP contribution in [0, 0.1) is 5.21 Å². The van der Waals surface area contributed by atoms with E-state index in [2.05, 4.69) is 74.0 Å². The molecule has 0 aliphatic carbocycles. The predicted molar refractivity (Wildman–Crippen MR) is 224 cm³/mol. The number of pyridine rings is 1. The van der Waals surface area contributed by atoms with Gasteiger partial charge in [-0.25, -0.2) is 0 Å². The molecule has 306 valence electrons. The van der Waals surface area contributed by atoms with Crippen LogP contribution in [0.25, 0.3) is 0 Å². The molecular weight excluding hydrogens is 721 g/mol. The molecule has 0 spiro atoms. The van der Waals surface area contributed by atoms with E-state index in [1.165, 1.54) is 10.6 Å². The van der Waals surface area contributed by atoms with Crippen LogP contribution in [0.4, 0.5) is 0 Å². The summed E-state index contributed by atoms with van der Waals surface area (Å²) in [5.41, 5.74) is 2.77. The molecule has 5 rings (SSSR count). The van der Waals surface area contributed by atoms with Crippen molar-refractivity contribution in [2.45, 2.75) is 164 Å². The Kier molecular flexibility index (Phi) is 13.4. The maximum absolute atomic E-state index is 13.9. The highest BCUT2D eigenvalue weighted by Gasteiger charge is 2.43. The number of nitrogens with zero attached hydrogens (tertiary/aromatic N) is 4. The highest BCUT2D eigenvalue weighted by atomic mass is 32.2. The van der Waals surface area contributed by atoms with E-state index in [9.17, 15) is 23.6 Å². The van der Waals surface area contributed by atoms with Gasteiger partial charge in [0.05, 0.1) is 5.92 Å². The number of likely N-dealkylation sites (N-methyl/N-ethyl adjacent to an activating group) is 1. The summed E-state index contributed by atoms with van der Waals surface area (Å²) in [6, 6.07) is 19.8. The standard InChI is InChI=1S/C46H65N4O5S/c1-11-46(9,37-22-24-47-25-23-37)31-38(49-26-12-13-41(49)51)27-35(34-16-20-40(21-17-34)56(54)55)28-43(3,4)36-18-14-33(15-19-36)32(2)42(52)48(10)39-29-44(5,6)50(53)45(7,8)30-39/h14-25,32,35,38-39H,11-13,26-31H2,1-10H3,(H,54,55)/q-1/p-1. The monoisotopic (exact) mass is 784 g/mol. The molecule has 3 aromatic rings. The summed E-state index contributed by atoms with van der Waals surface area (Å²) < 4.78 is 23.6. The minimum atomic E-state index is -2.32. The first-order valence-electron chi connectivity index (χ1n) is 20.4. The molecule has 0 N–H and O–H groups in total. The number of hydroxylamine groups is 2. The van der Waals surface area contributed by atoms with Gasteiger partial charge in [-0.05, 0) is 154 Å². The Morgan fingerprint density at radius 3 is 2.02 bits per heavy atom. The van der Waals surface area contributed by atoms with Gasteiger partial charge < -0.3 is 24.6 Å². The fraction of sp³-hybridized carbons (Fsp3) is 0.587. The van der Waals surface area contributed by atoms with Gasteiger partial charge in [-0.1, -0.05) is 64.1 Å². The molecule has 2 aliphatic heterocycles. The van der Waals surface area contributed by atoms with Gasteiger partial charge in [0.2, 0.25) is 11.8 Å². The van der Waals surface area contributed by atoms with Crippen molar-refractivity contribution in [1.29, 1.82) is 0 Å². The first-order valence-corrected chi connectivity index (χ1v) is 21.5. The lowest BCUT2D eigenvalue weighted by molar-refractivity contribution is -0.137. The molecule has 2 amide bonds. The Morgan fingerprint density at radius 2 is 1.50 bits per heavy atom. The largest absolute Gasteiger partial charge is 0.784 e. The molecular formula is C46H64N4O5S-2. The summed E-state index contributed by atoms with van der Waals surface area (Å²) >= 11 is -2.32. The molecule has 10 heteroatoms. The average Bonchev–Trinajstić information content (AvgIpc) is 3.61. The van der Waals surface area contributed by atoms with Crippen LogP contribution in [0.15, 0.2) is 78.0 Å². The number of hydrogen-bond donors (Lipinski definition) is 0. The summed E-state index contributed by atoms with van der Waals surface area (Å²) in [6.45, 7) is 19.5. The Morgan fingerprint density at radius 1 is 0.929 bits per heavy atom. The van der Waals surface area contributed by atoms with Crippen molar-refractivity contribution in [3.05, 3.63) is 101 Å². The van der Waals surface area contributed by atoms with Crippen LogP contribution < -0.4 is 0 Å². The smallest absolute Gasteiger partial charge is 0.229 e. The van der Waals surface area contributed by atoms with Crippen LogP contribution in [0.3, 0.4) is 0 Å². The number of likely N-dealkylation sites (tertiary alicyclic amines) is 1. The zero-order valence-electron chi connectivity index (χ0n) is 35.3. The van der Waals surface area contributed by atoms with E-state index >= 15 is 0 Å². The highest BCUT2D eigenvalue weighted by Crippen LogP contribution is 2.43. The number of hydrogen-bond acceptors (Lipinski definition) is 7. The summed E-state index contributed by atoms with van der Waals surface area (Å²) in [6.07, 6.45) is 9.56. The molecule has 2 saturated heterocycles. The molecule has 9 nitrogen and oxygen atoms in total. The topological polar surface area (TPSA) is 120 Å². The number of carbonyl (C=O) groups excluding carboxylic acids is 2. The molecule has 5 atom stereocenters.